The second-order valence-corrected chi connectivity index (χ2v) is 4.21. The third-order valence-corrected chi connectivity index (χ3v) is 2.49. The van der Waals surface area contributed by atoms with Crippen molar-refractivity contribution in [2.24, 2.45) is 0 Å². The summed E-state index contributed by atoms with van der Waals surface area (Å²) in [6.45, 7) is 0.597. The summed E-state index contributed by atoms with van der Waals surface area (Å²) >= 11 is 6.58. The van der Waals surface area contributed by atoms with E-state index in [0.717, 1.165) is 14.6 Å². The Morgan fingerprint density at radius 2 is 1.92 bits per heavy atom. The third kappa shape index (κ3) is 4.28. The number of carbonyl (C=O) groups excluding carboxylic acids is 1. The van der Waals surface area contributed by atoms with E-state index in [0.29, 0.717) is 6.54 Å². The first-order chi connectivity index (χ1) is 6.09. The van der Waals surface area contributed by atoms with E-state index in [4.69, 9.17) is 5.73 Å². The van der Waals surface area contributed by atoms with Crippen molar-refractivity contribution in [2.75, 3.05) is 12.3 Å². The monoisotopic (exact) mass is 306 g/mol. The van der Waals surface area contributed by atoms with Crippen LogP contribution in [0.1, 0.15) is 0 Å². The third-order valence-electron chi connectivity index (χ3n) is 1.28. The van der Waals surface area contributed by atoms with Gasteiger partial charge in [0.15, 0.2) is 0 Å². The Kier molecular flexibility index (Phi) is 3.74. The molecule has 0 radical (unpaired) electrons. The number of amides is 1. The summed E-state index contributed by atoms with van der Waals surface area (Å²) in [4.78, 5) is 9.44. The summed E-state index contributed by atoms with van der Waals surface area (Å²) in [7, 11) is 0. The topological polar surface area (TPSA) is 65.0 Å². The van der Waals surface area contributed by atoms with E-state index in [1.807, 2.05) is 18.2 Å². The number of nitrogen functional groups attached to an aromatic ring is 1. The van der Waals surface area contributed by atoms with Crippen LogP contribution in [0.2, 0.25) is 0 Å². The molecule has 0 aliphatic carbocycles. The second-order valence-electron chi connectivity index (χ2n) is 2.44. The SMILES string of the molecule is Nc1cc(Br)ccc1Br.O=C1CN1. The van der Waals surface area contributed by atoms with Gasteiger partial charge in [-0.3, -0.25) is 4.79 Å². The first-order valence-corrected chi connectivity index (χ1v) is 5.15. The number of anilines is 1. The smallest absolute Gasteiger partial charge is 0.239 e. The summed E-state index contributed by atoms with van der Waals surface area (Å²) < 4.78 is 1.94. The average molecular weight is 308 g/mol. The fraction of sp³-hybridized carbons (Fsp3) is 0.125. The lowest BCUT2D eigenvalue weighted by Gasteiger charge is -1.95. The molecule has 0 spiro atoms. The molecule has 1 aliphatic heterocycles. The number of nitrogens with two attached hydrogens (primary N) is 1. The van der Waals surface area contributed by atoms with E-state index >= 15 is 0 Å². The molecule has 0 unspecified atom stereocenters. The van der Waals surface area contributed by atoms with Gasteiger partial charge in [-0.25, -0.2) is 0 Å². The van der Waals surface area contributed by atoms with E-state index in [9.17, 15) is 4.79 Å². The minimum atomic E-state index is 0.167. The lowest BCUT2D eigenvalue weighted by atomic mass is 10.3. The molecule has 3 N–H and O–H groups in total. The highest BCUT2D eigenvalue weighted by atomic mass is 79.9. The first-order valence-electron chi connectivity index (χ1n) is 3.57. The number of benzene rings is 1. The van der Waals surface area contributed by atoms with Crippen molar-refractivity contribution in [2.45, 2.75) is 0 Å². The number of halogens is 2. The maximum absolute atomic E-state index is 9.44. The van der Waals surface area contributed by atoms with Crippen LogP contribution in [0.25, 0.3) is 0 Å². The standard InChI is InChI=1S/C6H5Br2N.C2H3NO/c7-4-1-2-5(8)6(9)3-4;4-2-1-3-2/h1-3H,9H2;1H2,(H,3,4). The molecular formula is C8H8Br2N2O. The molecule has 0 saturated carbocycles. The summed E-state index contributed by atoms with van der Waals surface area (Å²) in [5, 5.41) is 2.46. The zero-order valence-corrected chi connectivity index (χ0v) is 9.85. The van der Waals surface area contributed by atoms with Crippen LogP contribution in [-0.4, -0.2) is 12.5 Å². The molecule has 5 heteroatoms. The van der Waals surface area contributed by atoms with Gasteiger partial charge in [0.25, 0.3) is 0 Å². The fourth-order valence-corrected chi connectivity index (χ4v) is 1.18. The molecule has 0 bridgehead atoms. The number of rotatable bonds is 0. The molecule has 1 amide bonds. The number of hydrogen-bond acceptors (Lipinski definition) is 2. The van der Waals surface area contributed by atoms with Gasteiger partial charge >= 0.3 is 0 Å². The predicted octanol–water partition coefficient (Wildman–Crippen LogP) is 1.91. The molecule has 1 fully saturated rings. The maximum Gasteiger partial charge on any atom is 0.239 e. The van der Waals surface area contributed by atoms with Crippen molar-refractivity contribution in [1.29, 1.82) is 0 Å². The normalized spacial score (nSPS) is 12.6. The number of hydrogen-bond donors (Lipinski definition) is 2. The number of carbonyl (C=O) groups is 1. The predicted molar refractivity (Wildman–Crippen MR) is 59.3 cm³/mol. The van der Waals surface area contributed by atoms with Crippen LogP contribution in [0.3, 0.4) is 0 Å². The molecule has 1 saturated heterocycles. The molecule has 1 aliphatic rings. The van der Waals surface area contributed by atoms with E-state index in [1.165, 1.54) is 0 Å². The first kappa shape index (κ1) is 10.5. The molecule has 1 aromatic rings. The Balaban J connectivity index is 0.000000175. The van der Waals surface area contributed by atoms with Crippen molar-refractivity contribution >= 4 is 43.5 Å². The van der Waals surface area contributed by atoms with Gasteiger partial charge in [0.2, 0.25) is 5.91 Å². The van der Waals surface area contributed by atoms with Gasteiger partial charge in [0.1, 0.15) is 0 Å². The van der Waals surface area contributed by atoms with Crippen LogP contribution in [0.15, 0.2) is 27.1 Å². The lowest BCUT2D eigenvalue weighted by molar-refractivity contribution is -0.110. The zero-order chi connectivity index (χ0) is 9.84. The highest BCUT2D eigenvalue weighted by Gasteiger charge is 2.10. The second kappa shape index (κ2) is 4.62. The maximum atomic E-state index is 9.44. The van der Waals surface area contributed by atoms with Crippen molar-refractivity contribution in [1.82, 2.24) is 5.32 Å². The molecule has 0 atom stereocenters. The van der Waals surface area contributed by atoms with E-state index in [1.54, 1.807) is 0 Å². The largest absolute Gasteiger partial charge is 0.398 e. The quantitative estimate of drug-likeness (QED) is 0.568. The van der Waals surface area contributed by atoms with Gasteiger partial charge in [0.05, 0.1) is 6.54 Å². The summed E-state index contributed by atoms with van der Waals surface area (Å²) in [6.07, 6.45) is 0. The summed E-state index contributed by atoms with van der Waals surface area (Å²) in [6, 6.07) is 5.68. The molecule has 0 aromatic heterocycles. The molecule has 13 heavy (non-hydrogen) atoms. The van der Waals surface area contributed by atoms with Crippen LogP contribution < -0.4 is 11.1 Å². The summed E-state index contributed by atoms with van der Waals surface area (Å²) in [5.41, 5.74) is 6.30. The van der Waals surface area contributed by atoms with Gasteiger partial charge in [-0.15, -0.1) is 0 Å². The van der Waals surface area contributed by atoms with Crippen molar-refractivity contribution < 1.29 is 4.79 Å². The number of nitrogens with one attached hydrogen (secondary N) is 1. The lowest BCUT2D eigenvalue weighted by Crippen LogP contribution is -1.84. The Hall–Kier alpha value is -0.550. The van der Waals surface area contributed by atoms with Crippen LogP contribution in [-0.2, 0) is 4.79 Å². The molecule has 3 nitrogen and oxygen atoms in total. The van der Waals surface area contributed by atoms with Crippen LogP contribution >= 0.6 is 31.9 Å². The van der Waals surface area contributed by atoms with Gasteiger partial charge in [-0.1, -0.05) is 15.9 Å². The Morgan fingerprint density at radius 3 is 2.23 bits per heavy atom. The summed E-state index contributed by atoms with van der Waals surface area (Å²) in [5.74, 6) is 0.167. The van der Waals surface area contributed by atoms with E-state index in [2.05, 4.69) is 37.2 Å². The highest BCUT2D eigenvalue weighted by molar-refractivity contribution is 9.11. The van der Waals surface area contributed by atoms with Crippen LogP contribution in [0.4, 0.5) is 5.69 Å². The molecular weight excluding hydrogens is 300 g/mol. The zero-order valence-electron chi connectivity index (χ0n) is 6.68. The fourth-order valence-electron chi connectivity index (χ4n) is 0.551. The van der Waals surface area contributed by atoms with E-state index < -0.39 is 0 Å². The Morgan fingerprint density at radius 1 is 1.38 bits per heavy atom. The minimum Gasteiger partial charge on any atom is -0.398 e. The van der Waals surface area contributed by atoms with Crippen LogP contribution in [0, 0.1) is 0 Å². The minimum absolute atomic E-state index is 0.167. The van der Waals surface area contributed by atoms with Gasteiger partial charge in [-0.05, 0) is 34.1 Å². The van der Waals surface area contributed by atoms with E-state index in [-0.39, 0.29) is 5.91 Å². The van der Waals surface area contributed by atoms with Gasteiger partial charge in [-0.2, -0.15) is 0 Å². The van der Waals surface area contributed by atoms with Crippen LogP contribution in [0.5, 0.6) is 0 Å². The molecule has 70 valence electrons. The Bertz CT molecular complexity index is 322. The average Bonchev–Trinajstić information content (AvgIpc) is 2.82. The van der Waals surface area contributed by atoms with Gasteiger partial charge in [0, 0.05) is 14.6 Å². The highest BCUT2D eigenvalue weighted by Crippen LogP contribution is 2.22. The molecule has 2 rings (SSSR count). The molecule has 1 heterocycles. The molecule has 1 aromatic carbocycles. The Labute approximate surface area is 92.9 Å². The van der Waals surface area contributed by atoms with Crippen molar-refractivity contribution in [3.8, 4) is 0 Å². The van der Waals surface area contributed by atoms with Crippen molar-refractivity contribution in [3.05, 3.63) is 27.1 Å². The van der Waals surface area contributed by atoms with Gasteiger partial charge < -0.3 is 11.1 Å². The van der Waals surface area contributed by atoms with Crippen molar-refractivity contribution in [3.63, 3.8) is 0 Å².